The van der Waals surface area contributed by atoms with E-state index in [1.165, 1.54) is 17.0 Å². The van der Waals surface area contributed by atoms with Crippen LogP contribution in [0.5, 0.6) is 0 Å². The number of anilines is 1. The molecule has 0 unspecified atom stereocenters. The summed E-state index contributed by atoms with van der Waals surface area (Å²) >= 11 is 0. The van der Waals surface area contributed by atoms with Crippen molar-refractivity contribution in [2.24, 2.45) is 0 Å². The molecule has 0 fully saturated rings. The summed E-state index contributed by atoms with van der Waals surface area (Å²) in [6, 6.07) is 4.37. The monoisotopic (exact) mass is 303 g/mol. The first-order valence-corrected chi connectivity index (χ1v) is 6.84. The number of ether oxygens (including phenoxy) is 1. The van der Waals surface area contributed by atoms with Gasteiger partial charge >= 0.3 is 0 Å². The maximum Gasteiger partial charge on any atom is 0.293 e. The Morgan fingerprint density at radius 1 is 1.50 bits per heavy atom. The van der Waals surface area contributed by atoms with Crippen LogP contribution in [0.2, 0.25) is 0 Å². The van der Waals surface area contributed by atoms with E-state index in [1.54, 1.807) is 31.5 Å². The molecule has 0 atom stereocenters. The van der Waals surface area contributed by atoms with Crippen LogP contribution in [-0.4, -0.2) is 35.9 Å². The zero-order chi connectivity index (χ0) is 16.1. The molecule has 1 aromatic carbocycles. The Morgan fingerprint density at radius 3 is 2.91 bits per heavy atom. The highest BCUT2D eigenvalue weighted by atomic mass is 16.6. The molecule has 0 bridgehead atoms. The molecule has 1 aliphatic heterocycles. The second-order valence-corrected chi connectivity index (χ2v) is 4.58. The number of amides is 1. The third-order valence-electron chi connectivity index (χ3n) is 3.18. The summed E-state index contributed by atoms with van der Waals surface area (Å²) in [5.41, 5.74) is 0.494. The van der Waals surface area contributed by atoms with Crippen molar-refractivity contribution in [1.29, 1.82) is 0 Å². The second kappa shape index (κ2) is 6.75. The molecular formula is C15H17N3O4. The second-order valence-electron chi connectivity index (χ2n) is 4.58. The number of allylic oxidation sites excluding steroid dienone is 2. The number of rotatable bonds is 5. The lowest BCUT2D eigenvalue weighted by Crippen LogP contribution is -2.30. The van der Waals surface area contributed by atoms with E-state index >= 15 is 0 Å². The topological polar surface area (TPSA) is 84.7 Å². The number of nitrogens with zero attached hydrogens (tertiary/aromatic N) is 2. The highest BCUT2D eigenvalue weighted by Crippen LogP contribution is 2.26. The van der Waals surface area contributed by atoms with Crippen molar-refractivity contribution in [3.63, 3.8) is 0 Å². The van der Waals surface area contributed by atoms with E-state index in [9.17, 15) is 14.9 Å². The van der Waals surface area contributed by atoms with Crippen LogP contribution in [0.25, 0.3) is 0 Å². The summed E-state index contributed by atoms with van der Waals surface area (Å²) in [5, 5.41) is 13.8. The van der Waals surface area contributed by atoms with E-state index in [0.717, 1.165) is 0 Å². The maximum atomic E-state index is 12.5. The Labute approximate surface area is 128 Å². The number of nitrogens with one attached hydrogen (secondary N) is 1. The molecule has 0 saturated carbocycles. The molecule has 0 saturated heterocycles. The third kappa shape index (κ3) is 3.25. The Kier molecular flexibility index (Phi) is 4.77. The van der Waals surface area contributed by atoms with Crippen molar-refractivity contribution in [3.8, 4) is 0 Å². The number of hydrogen-bond donors (Lipinski definition) is 1. The molecule has 0 radical (unpaired) electrons. The van der Waals surface area contributed by atoms with Gasteiger partial charge < -0.3 is 15.0 Å². The highest BCUT2D eigenvalue weighted by Gasteiger charge is 2.21. The van der Waals surface area contributed by atoms with E-state index in [2.05, 4.69) is 5.32 Å². The Hall–Kier alpha value is -2.83. The van der Waals surface area contributed by atoms with Crippen LogP contribution in [0.3, 0.4) is 0 Å². The van der Waals surface area contributed by atoms with Crippen LogP contribution in [0.15, 0.2) is 42.3 Å². The van der Waals surface area contributed by atoms with Gasteiger partial charge in [0.2, 0.25) is 0 Å². The molecule has 7 heteroatoms. The van der Waals surface area contributed by atoms with E-state index in [0.29, 0.717) is 24.6 Å². The van der Waals surface area contributed by atoms with Gasteiger partial charge in [0.15, 0.2) is 0 Å². The van der Waals surface area contributed by atoms with Crippen LogP contribution >= 0.6 is 0 Å². The fraction of sp³-hybridized carbons (Fsp3) is 0.267. The molecule has 0 aliphatic carbocycles. The summed E-state index contributed by atoms with van der Waals surface area (Å²) in [6.07, 6.45) is 5.13. The zero-order valence-corrected chi connectivity index (χ0v) is 12.4. The van der Waals surface area contributed by atoms with Gasteiger partial charge in [-0.3, -0.25) is 14.9 Å². The van der Waals surface area contributed by atoms with Crippen molar-refractivity contribution in [3.05, 3.63) is 58.0 Å². The molecular weight excluding hydrogens is 286 g/mol. The van der Waals surface area contributed by atoms with Crippen molar-refractivity contribution >= 4 is 17.3 Å². The van der Waals surface area contributed by atoms with Gasteiger partial charge in [0.05, 0.1) is 18.1 Å². The van der Waals surface area contributed by atoms with Crippen LogP contribution in [-0.2, 0) is 4.74 Å². The molecule has 22 heavy (non-hydrogen) atoms. The van der Waals surface area contributed by atoms with Gasteiger partial charge in [-0.25, -0.2) is 0 Å². The lowest BCUT2D eigenvalue weighted by atomic mass is 10.1. The first kappa shape index (κ1) is 15.6. The minimum atomic E-state index is -0.514. The van der Waals surface area contributed by atoms with E-state index in [1.807, 2.05) is 6.92 Å². The Morgan fingerprint density at radius 2 is 2.27 bits per heavy atom. The van der Waals surface area contributed by atoms with E-state index < -0.39 is 4.92 Å². The van der Waals surface area contributed by atoms with Crippen molar-refractivity contribution < 1.29 is 14.5 Å². The third-order valence-corrected chi connectivity index (χ3v) is 3.18. The molecule has 1 N–H and O–H groups in total. The van der Waals surface area contributed by atoms with Gasteiger partial charge in [-0.1, -0.05) is 0 Å². The molecule has 1 aliphatic rings. The SMILES string of the molecule is CCOC1=CC=CN(C(=O)c2ccc(NC)c([N+](=O)[O-])c2)C1. The minimum absolute atomic E-state index is 0.130. The number of benzene rings is 1. The molecule has 1 amide bonds. The van der Waals surface area contributed by atoms with E-state index in [4.69, 9.17) is 4.74 Å². The summed E-state index contributed by atoms with van der Waals surface area (Å²) in [5.74, 6) is 0.368. The lowest BCUT2D eigenvalue weighted by Gasteiger charge is -2.22. The summed E-state index contributed by atoms with van der Waals surface area (Å²) < 4.78 is 5.40. The Balaban J connectivity index is 2.23. The standard InChI is InChI=1S/C15H17N3O4/c1-3-22-12-5-4-8-17(10-12)15(19)11-6-7-13(16-2)14(9-11)18(20)21/h4-9,16H,3,10H2,1-2H3. The number of carbonyl (C=O) groups excluding carboxylic acids is 1. The fourth-order valence-corrected chi connectivity index (χ4v) is 2.14. The summed E-state index contributed by atoms with van der Waals surface area (Å²) in [7, 11) is 1.59. The zero-order valence-electron chi connectivity index (χ0n) is 12.4. The van der Waals surface area contributed by atoms with Crippen molar-refractivity contribution in [2.45, 2.75) is 6.92 Å². The average molecular weight is 303 g/mol. The summed E-state index contributed by atoms with van der Waals surface area (Å²) in [6.45, 7) is 2.69. The van der Waals surface area contributed by atoms with Crippen LogP contribution in [0.4, 0.5) is 11.4 Å². The summed E-state index contributed by atoms with van der Waals surface area (Å²) in [4.78, 5) is 24.5. The van der Waals surface area contributed by atoms with Gasteiger partial charge in [0.1, 0.15) is 11.4 Å². The van der Waals surface area contributed by atoms with Gasteiger partial charge in [-0.2, -0.15) is 0 Å². The first-order chi connectivity index (χ1) is 10.6. The highest BCUT2D eigenvalue weighted by molar-refractivity contribution is 5.96. The Bertz CT molecular complexity index is 652. The van der Waals surface area contributed by atoms with E-state index in [-0.39, 0.29) is 17.2 Å². The fourth-order valence-electron chi connectivity index (χ4n) is 2.14. The largest absolute Gasteiger partial charge is 0.496 e. The number of carbonyl (C=O) groups is 1. The minimum Gasteiger partial charge on any atom is -0.496 e. The molecule has 1 heterocycles. The first-order valence-electron chi connectivity index (χ1n) is 6.84. The van der Waals surface area contributed by atoms with Crippen molar-refractivity contribution in [2.75, 3.05) is 25.5 Å². The van der Waals surface area contributed by atoms with Crippen LogP contribution < -0.4 is 5.32 Å². The quantitative estimate of drug-likeness (QED) is 0.667. The normalized spacial score (nSPS) is 13.5. The maximum absolute atomic E-state index is 12.5. The number of nitro benzene ring substituents is 1. The lowest BCUT2D eigenvalue weighted by molar-refractivity contribution is -0.384. The van der Waals surface area contributed by atoms with Gasteiger partial charge in [-0.15, -0.1) is 0 Å². The predicted molar refractivity (Wildman–Crippen MR) is 82.5 cm³/mol. The molecule has 0 aromatic heterocycles. The molecule has 2 rings (SSSR count). The van der Waals surface area contributed by atoms with Crippen LogP contribution in [0, 0.1) is 10.1 Å². The number of hydrogen-bond acceptors (Lipinski definition) is 5. The number of nitro groups is 1. The molecule has 7 nitrogen and oxygen atoms in total. The van der Waals surface area contributed by atoms with Crippen molar-refractivity contribution in [1.82, 2.24) is 4.90 Å². The predicted octanol–water partition coefficient (Wildman–Crippen LogP) is 2.53. The van der Waals surface area contributed by atoms with Crippen LogP contribution in [0.1, 0.15) is 17.3 Å². The smallest absolute Gasteiger partial charge is 0.293 e. The molecule has 1 aromatic rings. The average Bonchev–Trinajstić information content (AvgIpc) is 2.54. The van der Waals surface area contributed by atoms with Gasteiger partial charge in [-0.05, 0) is 31.2 Å². The van der Waals surface area contributed by atoms with Gasteiger partial charge in [0, 0.05) is 24.9 Å². The van der Waals surface area contributed by atoms with Gasteiger partial charge in [0.25, 0.3) is 11.6 Å². The molecule has 116 valence electrons. The molecule has 0 spiro atoms.